The molecule has 0 N–H and O–H groups in total. The zero-order chi connectivity index (χ0) is 10.7. The van der Waals surface area contributed by atoms with Crippen molar-refractivity contribution in [2.24, 2.45) is 5.92 Å². The minimum atomic E-state index is 0.0886. The molecule has 1 aliphatic carbocycles. The van der Waals surface area contributed by atoms with Gasteiger partial charge >= 0.3 is 0 Å². The van der Waals surface area contributed by atoms with Gasteiger partial charge in [-0.3, -0.25) is 4.79 Å². The molecule has 82 valence electrons. The smallest absolute Gasteiger partial charge is 0.273 e. The highest BCUT2D eigenvalue weighted by Gasteiger charge is 2.23. The van der Waals surface area contributed by atoms with Crippen LogP contribution in [0.5, 0.6) is 0 Å². The van der Waals surface area contributed by atoms with Gasteiger partial charge in [0.05, 0.1) is 5.51 Å². The van der Waals surface area contributed by atoms with Gasteiger partial charge < -0.3 is 4.90 Å². The summed E-state index contributed by atoms with van der Waals surface area (Å²) in [5, 5.41) is 1.83. The average molecular weight is 224 g/mol. The quantitative estimate of drug-likeness (QED) is 0.787. The molecule has 15 heavy (non-hydrogen) atoms. The first-order valence-electron chi connectivity index (χ1n) is 5.48. The van der Waals surface area contributed by atoms with Gasteiger partial charge in [-0.1, -0.05) is 6.42 Å². The van der Waals surface area contributed by atoms with Gasteiger partial charge in [0.1, 0.15) is 5.69 Å². The number of rotatable bonds is 4. The van der Waals surface area contributed by atoms with E-state index in [2.05, 4.69) is 4.98 Å². The number of aromatic nitrogens is 1. The zero-order valence-corrected chi connectivity index (χ0v) is 9.80. The lowest BCUT2D eigenvalue weighted by Crippen LogP contribution is -2.37. The third kappa shape index (κ3) is 2.37. The first kappa shape index (κ1) is 10.6. The fraction of sp³-hybridized carbons (Fsp3) is 0.636. The number of amides is 1. The summed E-state index contributed by atoms with van der Waals surface area (Å²) in [7, 11) is 0. The number of carbonyl (C=O) groups excluding carboxylic acids is 1. The summed E-state index contributed by atoms with van der Waals surface area (Å²) in [6, 6.07) is 0. The molecule has 1 saturated carbocycles. The normalized spacial score (nSPS) is 16.1. The Balaban J connectivity index is 1.96. The Morgan fingerprint density at radius 2 is 2.47 bits per heavy atom. The third-order valence-electron chi connectivity index (χ3n) is 3.02. The summed E-state index contributed by atoms with van der Waals surface area (Å²) in [6.07, 6.45) is 3.88. The van der Waals surface area contributed by atoms with Crippen LogP contribution in [0.2, 0.25) is 0 Å². The number of carbonyl (C=O) groups is 1. The van der Waals surface area contributed by atoms with Crippen LogP contribution in [0.1, 0.15) is 36.7 Å². The molecule has 0 atom stereocenters. The molecule has 1 aliphatic rings. The van der Waals surface area contributed by atoms with E-state index in [9.17, 15) is 4.79 Å². The van der Waals surface area contributed by atoms with Crippen LogP contribution in [0.15, 0.2) is 10.9 Å². The third-order valence-corrected chi connectivity index (χ3v) is 3.61. The Morgan fingerprint density at radius 1 is 1.67 bits per heavy atom. The van der Waals surface area contributed by atoms with Gasteiger partial charge in [-0.05, 0) is 25.7 Å². The van der Waals surface area contributed by atoms with E-state index >= 15 is 0 Å². The zero-order valence-electron chi connectivity index (χ0n) is 8.98. The molecule has 1 amide bonds. The van der Waals surface area contributed by atoms with Crippen molar-refractivity contribution in [1.82, 2.24) is 9.88 Å². The Bertz CT molecular complexity index is 319. The van der Waals surface area contributed by atoms with E-state index in [1.54, 1.807) is 5.51 Å². The molecule has 0 aromatic carbocycles. The van der Waals surface area contributed by atoms with Crippen LogP contribution in [0.3, 0.4) is 0 Å². The van der Waals surface area contributed by atoms with Crippen LogP contribution < -0.4 is 0 Å². The Kier molecular flexibility index (Phi) is 3.36. The topological polar surface area (TPSA) is 33.2 Å². The van der Waals surface area contributed by atoms with E-state index in [-0.39, 0.29) is 5.91 Å². The summed E-state index contributed by atoms with van der Waals surface area (Å²) in [6.45, 7) is 3.72. The van der Waals surface area contributed by atoms with E-state index in [1.165, 1.54) is 30.6 Å². The van der Waals surface area contributed by atoms with Gasteiger partial charge in [0.15, 0.2) is 0 Å². The lowest BCUT2D eigenvalue weighted by atomic mass is 9.85. The van der Waals surface area contributed by atoms with Crippen LogP contribution >= 0.6 is 11.3 Å². The Morgan fingerprint density at radius 3 is 2.93 bits per heavy atom. The van der Waals surface area contributed by atoms with Gasteiger partial charge in [-0.2, -0.15) is 0 Å². The van der Waals surface area contributed by atoms with Crippen LogP contribution in [-0.2, 0) is 0 Å². The second kappa shape index (κ2) is 4.75. The molecule has 1 fully saturated rings. The molecule has 0 spiro atoms. The number of thiazole rings is 1. The Hall–Kier alpha value is -0.900. The summed E-state index contributed by atoms with van der Waals surface area (Å²) in [5.74, 6) is 0.818. The maximum absolute atomic E-state index is 12.0. The first-order chi connectivity index (χ1) is 7.31. The minimum Gasteiger partial charge on any atom is -0.337 e. The van der Waals surface area contributed by atoms with Crippen LogP contribution in [-0.4, -0.2) is 28.9 Å². The average Bonchev–Trinajstić information content (AvgIpc) is 2.68. The van der Waals surface area contributed by atoms with E-state index in [1.807, 2.05) is 17.2 Å². The molecular weight excluding hydrogens is 208 g/mol. The van der Waals surface area contributed by atoms with Crippen molar-refractivity contribution >= 4 is 17.2 Å². The highest BCUT2D eigenvalue weighted by atomic mass is 32.1. The molecule has 0 saturated heterocycles. The maximum atomic E-state index is 12.0. The van der Waals surface area contributed by atoms with Crippen LogP contribution in [0.25, 0.3) is 0 Å². The molecule has 1 heterocycles. The van der Waals surface area contributed by atoms with Gasteiger partial charge in [0.2, 0.25) is 0 Å². The molecule has 0 aliphatic heterocycles. The van der Waals surface area contributed by atoms with Gasteiger partial charge in [-0.25, -0.2) is 4.98 Å². The first-order valence-corrected chi connectivity index (χ1v) is 6.43. The molecule has 0 radical (unpaired) electrons. The van der Waals surface area contributed by atoms with Crippen molar-refractivity contribution < 1.29 is 4.79 Å². The lowest BCUT2D eigenvalue weighted by molar-refractivity contribution is 0.0701. The van der Waals surface area contributed by atoms with Crippen molar-refractivity contribution in [3.05, 3.63) is 16.6 Å². The summed E-state index contributed by atoms with van der Waals surface area (Å²) in [5.41, 5.74) is 2.31. The van der Waals surface area contributed by atoms with E-state index in [4.69, 9.17) is 0 Å². The second-order valence-corrected chi connectivity index (χ2v) is 4.73. The van der Waals surface area contributed by atoms with Crippen molar-refractivity contribution in [1.29, 1.82) is 0 Å². The molecule has 0 unspecified atom stereocenters. The predicted octanol–water partition coefficient (Wildman–Crippen LogP) is 2.41. The molecule has 0 bridgehead atoms. The standard InChI is InChI=1S/C11H16N2OS/c1-2-13(6-9-4-3-5-9)11(14)10-7-15-8-12-10/h7-9H,2-6H2,1H3. The molecule has 2 rings (SSSR count). The lowest BCUT2D eigenvalue weighted by Gasteiger charge is -2.31. The monoisotopic (exact) mass is 224 g/mol. The van der Waals surface area contributed by atoms with Crippen molar-refractivity contribution in [2.45, 2.75) is 26.2 Å². The summed E-state index contributed by atoms with van der Waals surface area (Å²) < 4.78 is 0. The van der Waals surface area contributed by atoms with E-state index in [0.29, 0.717) is 5.69 Å². The van der Waals surface area contributed by atoms with Crippen LogP contribution in [0.4, 0.5) is 0 Å². The fourth-order valence-electron chi connectivity index (χ4n) is 1.82. The number of hydrogen-bond acceptors (Lipinski definition) is 3. The summed E-state index contributed by atoms with van der Waals surface area (Å²) in [4.78, 5) is 18.0. The van der Waals surface area contributed by atoms with Gasteiger partial charge in [0, 0.05) is 18.5 Å². The number of hydrogen-bond donors (Lipinski definition) is 0. The number of nitrogens with zero attached hydrogens (tertiary/aromatic N) is 2. The van der Waals surface area contributed by atoms with E-state index < -0.39 is 0 Å². The van der Waals surface area contributed by atoms with Crippen molar-refractivity contribution in [3.8, 4) is 0 Å². The largest absolute Gasteiger partial charge is 0.337 e. The molecule has 3 nitrogen and oxygen atoms in total. The van der Waals surface area contributed by atoms with Gasteiger partial charge in [-0.15, -0.1) is 11.3 Å². The fourth-order valence-corrected chi connectivity index (χ4v) is 2.35. The second-order valence-electron chi connectivity index (χ2n) is 4.01. The summed E-state index contributed by atoms with van der Waals surface area (Å²) >= 11 is 1.48. The maximum Gasteiger partial charge on any atom is 0.273 e. The molecule has 1 aromatic heterocycles. The Labute approximate surface area is 94.1 Å². The molecule has 1 aromatic rings. The van der Waals surface area contributed by atoms with Crippen molar-refractivity contribution in [2.75, 3.05) is 13.1 Å². The SMILES string of the molecule is CCN(CC1CCC1)C(=O)c1cscn1. The minimum absolute atomic E-state index is 0.0886. The highest BCUT2D eigenvalue weighted by molar-refractivity contribution is 7.07. The highest BCUT2D eigenvalue weighted by Crippen LogP contribution is 2.27. The predicted molar refractivity (Wildman–Crippen MR) is 61.0 cm³/mol. The van der Waals surface area contributed by atoms with E-state index in [0.717, 1.165) is 19.0 Å². The molecule has 4 heteroatoms. The van der Waals surface area contributed by atoms with Crippen molar-refractivity contribution in [3.63, 3.8) is 0 Å². The van der Waals surface area contributed by atoms with Gasteiger partial charge in [0.25, 0.3) is 5.91 Å². The molecular formula is C11H16N2OS. The van der Waals surface area contributed by atoms with Crippen LogP contribution in [0, 0.1) is 5.92 Å².